The smallest absolute Gasteiger partial charge is 0.326 e. The highest BCUT2D eigenvalue weighted by molar-refractivity contribution is 5.97. The van der Waals surface area contributed by atoms with Crippen LogP contribution in [-0.4, -0.2) is 56.0 Å². The topological polar surface area (TPSA) is 202 Å². The first kappa shape index (κ1) is 23.1. The second-order valence-corrected chi connectivity index (χ2v) is 6.89. The van der Waals surface area contributed by atoms with E-state index in [9.17, 15) is 24.3 Å². The number of carbonyl (C=O) groups excluding carboxylic acids is 2. The number of amides is 1. The third-order valence-corrected chi connectivity index (χ3v) is 4.58. The van der Waals surface area contributed by atoms with Crippen molar-refractivity contribution < 1.29 is 24.2 Å². The Kier molecular flexibility index (Phi) is 7.13. The first-order valence-corrected chi connectivity index (χ1v) is 9.72. The highest BCUT2D eigenvalue weighted by Crippen LogP contribution is 2.12. The lowest BCUT2D eigenvalue weighted by Crippen LogP contribution is -2.41. The van der Waals surface area contributed by atoms with Crippen LogP contribution >= 0.6 is 0 Å². The number of ether oxygens (including phenoxy) is 1. The number of anilines is 2. The molecule has 0 aliphatic rings. The van der Waals surface area contributed by atoms with Crippen LogP contribution in [-0.2, 0) is 20.9 Å². The maximum Gasteiger partial charge on any atom is 0.326 e. The van der Waals surface area contributed by atoms with Crippen LogP contribution in [0, 0.1) is 0 Å². The number of rotatable bonds is 9. The molecule has 2 aromatic heterocycles. The lowest BCUT2D eigenvalue weighted by molar-refractivity contribution is -0.142. The molecule has 3 rings (SSSR count). The Labute approximate surface area is 186 Å². The molecule has 0 aliphatic carbocycles. The van der Waals surface area contributed by atoms with Gasteiger partial charge in [0, 0.05) is 17.7 Å². The summed E-state index contributed by atoms with van der Waals surface area (Å²) in [6.07, 6.45) is 1.23. The van der Waals surface area contributed by atoms with Crippen LogP contribution in [0.5, 0.6) is 0 Å². The summed E-state index contributed by atoms with van der Waals surface area (Å²) in [5.74, 6) is -2.45. The summed E-state index contributed by atoms with van der Waals surface area (Å²) in [7, 11) is 1.20. The molecule has 0 saturated carbocycles. The molecule has 0 radical (unpaired) electrons. The fourth-order valence-electron chi connectivity index (χ4n) is 2.85. The van der Waals surface area contributed by atoms with E-state index in [0.29, 0.717) is 11.4 Å². The molecule has 1 amide bonds. The normalized spacial score (nSPS) is 11.5. The molecule has 172 valence electrons. The van der Waals surface area contributed by atoms with E-state index in [4.69, 9.17) is 5.73 Å². The van der Waals surface area contributed by atoms with Crippen molar-refractivity contribution in [3.05, 3.63) is 52.1 Å². The molecular formula is C20H21N7O6. The number of aliphatic carboxylic acids is 1. The Hall–Kier alpha value is -4.55. The SMILES string of the molecule is COC(=O)CCC(NC(=O)c1ccc(NCc2cnc3nc(N)[nH]c(=O)c3n2)cc1)C(=O)O. The van der Waals surface area contributed by atoms with Crippen LogP contribution in [0.25, 0.3) is 11.2 Å². The van der Waals surface area contributed by atoms with Crippen LogP contribution in [0.2, 0.25) is 0 Å². The number of nitrogens with one attached hydrogen (secondary N) is 3. The molecule has 3 aromatic rings. The van der Waals surface area contributed by atoms with Crippen molar-refractivity contribution >= 4 is 40.6 Å². The van der Waals surface area contributed by atoms with Gasteiger partial charge in [0.05, 0.1) is 25.5 Å². The minimum Gasteiger partial charge on any atom is -0.480 e. The quantitative estimate of drug-likeness (QED) is 0.273. The molecule has 1 atom stereocenters. The van der Waals surface area contributed by atoms with Crippen molar-refractivity contribution in [2.75, 3.05) is 18.2 Å². The zero-order valence-corrected chi connectivity index (χ0v) is 17.5. The predicted octanol–water partition coefficient (Wildman–Crippen LogP) is 0.0436. The van der Waals surface area contributed by atoms with Crippen molar-refractivity contribution in [1.82, 2.24) is 25.3 Å². The molecule has 0 spiro atoms. The Morgan fingerprint density at radius 2 is 1.94 bits per heavy atom. The number of methoxy groups -OCH3 is 1. The number of nitrogens with two attached hydrogens (primary N) is 1. The molecular weight excluding hydrogens is 434 g/mol. The number of benzene rings is 1. The molecule has 13 nitrogen and oxygen atoms in total. The van der Waals surface area contributed by atoms with Gasteiger partial charge in [0.2, 0.25) is 5.95 Å². The van der Waals surface area contributed by atoms with Gasteiger partial charge in [0.15, 0.2) is 11.2 Å². The molecule has 0 saturated heterocycles. The zero-order valence-electron chi connectivity index (χ0n) is 17.5. The Morgan fingerprint density at radius 1 is 1.21 bits per heavy atom. The van der Waals surface area contributed by atoms with Gasteiger partial charge < -0.3 is 26.2 Å². The molecule has 1 unspecified atom stereocenters. The zero-order chi connectivity index (χ0) is 24.0. The summed E-state index contributed by atoms with van der Waals surface area (Å²) in [5, 5.41) is 14.7. The molecule has 33 heavy (non-hydrogen) atoms. The fourth-order valence-corrected chi connectivity index (χ4v) is 2.85. The largest absolute Gasteiger partial charge is 0.480 e. The van der Waals surface area contributed by atoms with Crippen molar-refractivity contribution in [1.29, 1.82) is 0 Å². The van der Waals surface area contributed by atoms with E-state index in [2.05, 4.69) is 35.3 Å². The summed E-state index contributed by atoms with van der Waals surface area (Å²) in [5.41, 5.74) is 6.57. The summed E-state index contributed by atoms with van der Waals surface area (Å²) < 4.78 is 4.48. The Morgan fingerprint density at radius 3 is 2.61 bits per heavy atom. The monoisotopic (exact) mass is 455 g/mol. The van der Waals surface area contributed by atoms with Crippen LogP contribution in [0.15, 0.2) is 35.3 Å². The van der Waals surface area contributed by atoms with Gasteiger partial charge in [-0.05, 0) is 30.7 Å². The van der Waals surface area contributed by atoms with Crippen LogP contribution in [0.3, 0.4) is 0 Å². The number of aromatic amines is 1. The number of H-pyrrole nitrogens is 1. The van der Waals surface area contributed by atoms with Crippen LogP contribution < -0.4 is 21.9 Å². The van der Waals surface area contributed by atoms with Gasteiger partial charge in [-0.2, -0.15) is 4.98 Å². The number of hydrogen-bond acceptors (Lipinski definition) is 10. The van der Waals surface area contributed by atoms with E-state index in [1.54, 1.807) is 12.1 Å². The Balaban J connectivity index is 1.61. The minimum atomic E-state index is -1.25. The summed E-state index contributed by atoms with van der Waals surface area (Å²) >= 11 is 0. The van der Waals surface area contributed by atoms with Gasteiger partial charge in [-0.3, -0.25) is 19.4 Å². The summed E-state index contributed by atoms with van der Waals surface area (Å²) in [4.78, 5) is 61.4. The molecule has 0 aliphatic heterocycles. The maximum atomic E-state index is 12.4. The third-order valence-electron chi connectivity index (χ3n) is 4.58. The van der Waals surface area contributed by atoms with E-state index < -0.39 is 29.4 Å². The number of carboxylic acid groups (broad SMARTS) is 1. The lowest BCUT2D eigenvalue weighted by atomic mass is 10.1. The van der Waals surface area contributed by atoms with E-state index in [1.165, 1.54) is 25.4 Å². The van der Waals surface area contributed by atoms with Gasteiger partial charge in [0.1, 0.15) is 6.04 Å². The van der Waals surface area contributed by atoms with Crippen LogP contribution in [0.4, 0.5) is 11.6 Å². The molecule has 0 fully saturated rings. The van der Waals surface area contributed by atoms with Gasteiger partial charge in [0.25, 0.3) is 11.5 Å². The van der Waals surface area contributed by atoms with Gasteiger partial charge in [-0.15, -0.1) is 0 Å². The minimum absolute atomic E-state index is 0.0464. The third kappa shape index (κ3) is 6.00. The first-order valence-electron chi connectivity index (χ1n) is 9.72. The number of aromatic nitrogens is 4. The average Bonchev–Trinajstić information content (AvgIpc) is 2.80. The fraction of sp³-hybridized carbons (Fsp3) is 0.250. The molecule has 1 aromatic carbocycles. The number of carbonyl (C=O) groups is 3. The molecule has 6 N–H and O–H groups in total. The van der Waals surface area contributed by atoms with Gasteiger partial charge >= 0.3 is 11.9 Å². The van der Waals surface area contributed by atoms with Gasteiger partial charge in [-0.1, -0.05) is 0 Å². The first-order chi connectivity index (χ1) is 15.8. The maximum absolute atomic E-state index is 12.4. The number of carboxylic acids is 1. The average molecular weight is 455 g/mol. The van der Waals surface area contributed by atoms with Crippen molar-refractivity contribution in [3.8, 4) is 0 Å². The second kappa shape index (κ2) is 10.2. The highest BCUT2D eigenvalue weighted by Gasteiger charge is 2.22. The van der Waals surface area contributed by atoms with E-state index in [-0.39, 0.29) is 42.1 Å². The van der Waals surface area contributed by atoms with E-state index in [0.717, 1.165) is 0 Å². The van der Waals surface area contributed by atoms with E-state index >= 15 is 0 Å². The summed E-state index contributed by atoms with van der Waals surface area (Å²) in [6.45, 7) is 0.243. The molecule has 2 heterocycles. The number of fused-ring (bicyclic) bond motifs is 1. The second-order valence-electron chi connectivity index (χ2n) is 6.89. The van der Waals surface area contributed by atoms with Gasteiger partial charge in [-0.25, -0.2) is 14.8 Å². The van der Waals surface area contributed by atoms with Crippen LogP contribution in [0.1, 0.15) is 28.9 Å². The number of hydrogen-bond donors (Lipinski definition) is 5. The number of nitrogen functional groups attached to an aromatic ring is 1. The van der Waals surface area contributed by atoms with E-state index in [1.807, 2.05) is 0 Å². The standard InChI is InChI=1S/C20H21N7O6/c1-33-14(28)7-6-13(19(31)32)25-17(29)10-2-4-11(5-3-10)22-8-12-9-23-16-15(24-12)18(30)27-20(21)26-16/h2-5,9,13,22H,6-8H2,1H3,(H,25,29)(H,31,32)(H3,21,23,26,27,30). The number of nitrogens with zero attached hydrogens (tertiary/aromatic N) is 3. The predicted molar refractivity (Wildman–Crippen MR) is 116 cm³/mol. The molecule has 13 heteroatoms. The highest BCUT2D eigenvalue weighted by atomic mass is 16.5. The Bertz CT molecular complexity index is 1240. The summed E-state index contributed by atoms with van der Waals surface area (Å²) in [6, 6.07) is 5.06. The van der Waals surface area contributed by atoms with Crippen molar-refractivity contribution in [2.24, 2.45) is 0 Å². The van der Waals surface area contributed by atoms with Crippen molar-refractivity contribution in [3.63, 3.8) is 0 Å². The molecule has 0 bridgehead atoms. The number of esters is 1. The van der Waals surface area contributed by atoms with Crippen molar-refractivity contribution in [2.45, 2.75) is 25.4 Å². The lowest BCUT2D eigenvalue weighted by Gasteiger charge is -2.14.